The molecular formula is C15H12ClN5OS. The summed E-state index contributed by atoms with van der Waals surface area (Å²) in [5, 5.41) is 7.60. The Morgan fingerprint density at radius 3 is 2.83 bits per heavy atom. The number of carbonyl (C=O) groups is 1. The van der Waals surface area contributed by atoms with Crippen LogP contribution in [0.1, 0.15) is 15.5 Å². The van der Waals surface area contributed by atoms with Crippen LogP contribution in [0.15, 0.2) is 42.7 Å². The molecule has 3 rings (SSSR count). The van der Waals surface area contributed by atoms with E-state index < -0.39 is 0 Å². The van der Waals surface area contributed by atoms with Gasteiger partial charge in [-0.05, 0) is 31.2 Å². The third-order valence-electron chi connectivity index (χ3n) is 2.84. The van der Waals surface area contributed by atoms with Crippen LogP contribution in [-0.4, -0.2) is 20.9 Å². The van der Waals surface area contributed by atoms with E-state index in [1.807, 2.05) is 25.1 Å². The third-order valence-corrected chi connectivity index (χ3v) is 3.93. The molecule has 0 unspecified atom stereocenters. The summed E-state index contributed by atoms with van der Waals surface area (Å²) in [6, 6.07) is 8.74. The van der Waals surface area contributed by atoms with Gasteiger partial charge in [0.25, 0.3) is 5.91 Å². The van der Waals surface area contributed by atoms with Crippen molar-refractivity contribution < 1.29 is 4.79 Å². The van der Waals surface area contributed by atoms with E-state index in [9.17, 15) is 4.79 Å². The van der Waals surface area contributed by atoms with Crippen LogP contribution in [-0.2, 0) is 0 Å². The average Bonchev–Trinajstić information content (AvgIpc) is 2.89. The van der Waals surface area contributed by atoms with Gasteiger partial charge >= 0.3 is 0 Å². The van der Waals surface area contributed by atoms with Crippen molar-refractivity contribution in [1.29, 1.82) is 0 Å². The molecule has 3 aromatic rings. The number of rotatable bonds is 4. The van der Waals surface area contributed by atoms with Crippen molar-refractivity contribution in [2.45, 2.75) is 6.92 Å². The molecule has 0 aliphatic carbocycles. The van der Waals surface area contributed by atoms with Crippen LogP contribution in [0, 0.1) is 6.92 Å². The second-order valence-corrected chi connectivity index (χ2v) is 6.16. The van der Waals surface area contributed by atoms with E-state index in [1.54, 1.807) is 18.3 Å². The monoisotopic (exact) mass is 345 g/mol. The van der Waals surface area contributed by atoms with E-state index >= 15 is 0 Å². The summed E-state index contributed by atoms with van der Waals surface area (Å²) in [4.78, 5) is 24.8. The van der Waals surface area contributed by atoms with Gasteiger partial charge < -0.3 is 10.6 Å². The molecule has 0 aliphatic heterocycles. The number of hydrogen-bond acceptors (Lipinski definition) is 6. The Bertz CT molecular complexity index is 837. The number of carbonyl (C=O) groups excluding carboxylic acids is 1. The normalized spacial score (nSPS) is 10.3. The Labute approximate surface area is 141 Å². The van der Waals surface area contributed by atoms with Crippen LogP contribution in [0.25, 0.3) is 0 Å². The van der Waals surface area contributed by atoms with Gasteiger partial charge in [0.1, 0.15) is 16.0 Å². The van der Waals surface area contributed by atoms with Gasteiger partial charge in [-0.15, -0.1) is 11.3 Å². The highest BCUT2D eigenvalue weighted by Crippen LogP contribution is 2.27. The summed E-state index contributed by atoms with van der Waals surface area (Å²) in [7, 11) is 0. The van der Waals surface area contributed by atoms with Crippen LogP contribution in [0.4, 0.5) is 16.5 Å². The maximum absolute atomic E-state index is 12.5. The number of anilines is 3. The highest BCUT2D eigenvalue weighted by molar-refractivity contribution is 7.16. The van der Waals surface area contributed by atoms with E-state index in [-0.39, 0.29) is 5.91 Å². The summed E-state index contributed by atoms with van der Waals surface area (Å²) in [5.74, 6) is 0.326. The number of aromatic nitrogens is 3. The molecule has 0 aliphatic rings. The second kappa shape index (κ2) is 6.72. The number of nitrogens with zero attached hydrogens (tertiary/aromatic N) is 3. The van der Waals surface area contributed by atoms with Gasteiger partial charge in [0.05, 0.1) is 5.01 Å². The highest BCUT2D eigenvalue weighted by atomic mass is 35.5. The van der Waals surface area contributed by atoms with Crippen LogP contribution in [0.5, 0.6) is 0 Å². The zero-order chi connectivity index (χ0) is 16.2. The fraction of sp³-hybridized carbons (Fsp3) is 0.0667. The molecular weight excluding hydrogens is 334 g/mol. The molecule has 0 bridgehead atoms. The lowest BCUT2D eigenvalue weighted by molar-refractivity contribution is 0.102. The molecule has 23 heavy (non-hydrogen) atoms. The largest absolute Gasteiger partial charge is 0.330 e. The minimum atomic E-state index is -0.324. The molecule has 8 heteroatoms. The molecule has 6 nitrogen and oxygen atoms in total. The van der Waals surface area contributed by atoms with E-state index in [0.29, 0.717) is 27.4 Å². The zero-order valence-electron chi connectivity index (χ0n) is 12.1. The van der Waals surface area contributed by atoms with Crippen molar-refractivity contribution in [3.8, 4) is 0 Å². The van der Waals surface area contributed by atoms with Crippen molar-refractivity contribution in [3.05, 3.63) is 58.6 Å². The molecule has 0 saturated heterocycles. The van der Waals surface area contributed by atoms with Gasteiger partial charge in [0.2, 0.25) is 0 Å². The maximum atomic E-state index is 12.5. The fourth-order valence-electron chi connectivity index (χ4n) is 1.89. The van der Waals surface area contributed by atoms with Gasteiger partial charge in [-0.2, -0.15) is 0 Å². The summed E-state index contributed by atoms with van der Waals surface area (Å²) < 4.78 is 0. The number of thiazole rings is 1. The Balaban J connectivity index is 1.83. The first-order valence-electron chi connectivity index (χ1n) is 6.70. The van der Waals surface area contributed by atoms with Crippen LogP contribution in [0.2, 0.25) is 5.15 Å². The Hall–Kier alpha value is -2.51. The van der Waals surface area contributed by atoms with E-state index in [1.165, 1.54) is 17.5 Å². The topological polar surface area (TPSA) is 79.8 Å². The van der Waals surface area contributed by atoms with Gasteiger partial charge in [-0.3, -0.25) is 4.79 Å². The number of amides is 1. The molecule has 0 fully saturated rings. The minimum absolute atomic E-state index is 0.309. The van der Waals surface area contributed by atoms with Crippen molar-refractivity contribution in [3.63, 3.8) is 0 Å². The van der Waals surface area contributed by atoms with Crippen molar-refractivity contribution >= 4 is 45.4 Å². The Morgan fingerprint density at radius 1 is 1.22 bits per heavy atom. The first-order chi connectivity index (χ1) is 11.1. The summed E-state index contributed by atoms with van der Waals surface area (Å²) in [6.45, 7) is 1.84. The number of nitrogens with one attached hydrogen (secondary N) is 2. The molecule has 0 radical (unpaired) electrons. The van der Waals surface area contributed by atoms with Crippen molar-refractivity contribution in [2.24, 2.45) is 0 Å². The minimum Gasteiger partial charge on any atom is -0.330 e. The SMILES string of the molecule is Cc1nc(C(=O)Nc2ccnc(Cl)c2)c(Nc2ccccn2)s1. The smallest absolute Gasteiger partial charge is 0.277 e. The summed E-state index contributed by atoms with van der Waals surface area (Å²) in [6.07, 6.45) is 3.20. The molecule has 0 spiro atoms. The van der Waals surface area contributed by atoms with Crippen LogP contribution < -0.4 is 10.6 Å². The Kier molecular flexibility index (Phi) is 4.50. The predicted octanol–water partition coefficient (Wildman–Crippen LogP) is 3.89. The van der Waals surface area contributed by atoms with Gasteiger partial charge in [0, 0.05) is 18.1 Å². The first kappa shape index (κ1) is 15.4. The van der Waals surface area contributed by atoms with Gasteiger partial charge in [-0.25, -0.2) is 15.0 Å². The number of aryl methyl sites for hydroxylation is 1. The standard InChI is InChI=1S/C15H12ClN5OS/c1-9-19-13(14(22)20-10-5-7-17-11(16)8-10)15(23-9)21-12-4-2-3-6-18-12/h2-8H,1H3,(H,18,21)(H,17,20,22). The molecule has 3 aromatic heterocycles. The average molecular weight is 346 g/mol. The van der Waals surface area contributed by atoms with E-state index in [2.05, 4.69) is 25.6 Å². The number of halogens is 1. The molecule has 0 aromatic carbocycles. The Morgan fingerprint density at radius 2 is 2.09 bits per heavy atom. The van der Waals surface area contributed by atoms with Crippen molar-refractivity contribution in [2.75, 3.05) is 10.6 Å². The second-order valence-electron chi connectivity index (χ2n) is 4.57. The predicted molar refractivity (Wildman–Crippen MR) is 91.6 cm³/mol. The highest BCUT2D eigenvalue weighted by Gasteiger charge is 2.18. The number of pyridine rings is 2. The molecule has 0 atom stereocenters. The summed E-state index contributed by atoms with van der Waals surface area (Å²) >= 11 is 7.21. The van der Waals surface area contributed by atoms with Gasteiger partial charge in [-0.1, -0.05) is 17.7 Å². The van der Waals surface area contributed by atoms with Crippen molar-refractivity contribution in [1.82, 2.24) is 15.0 Å². The zero-order valence-corrected chi connectivity index (χ0v) is 13.6. The molecule has 116 valence electrons. The lowest BCUT2D eigenvalue weighted by Crippen LogP contribution is -2.14. The fourth-order valence-corrected chi connectivity index (χ4v) is 2.89. The summed E-state index contributed by atoms with van der Waals surface area (Å²) in [5.41, 5.74) is 0.871. The molecule has 3 heterocycles. The lowest BCUT2D eigenvalue weighted by atomic mass is 10.3. The lowest BCUT2D eigenvalue weighted by Gasteiger charge is -2.06. The van der Waals surface area contributed by atoms with E-state index in [4.69, 9.17) is 11.6 Å². The first-order valence-corrected chi connectivity index (χ1v) is 7.89. The quantitative estimate of drug-likeness (QED) is 0.701. The van der Waals surface area contributed by atoms with Crippen LogP contribution >= 0.6 is 22.9 Å². The van der Waals surface area contributed by atoms with Crippen LogP contribution in [0.3, 0.4) is 0 Å². The molecule has 2 N–H and O–H groups in total. The third kappa shape index (κ3) is 3.82. The number of hydrogen-bond donors (Lipinski definition) is 2. The van der Waals surface area contributed by atoms with Gasteiger partial charge in [0.15, 0.2) is 5.69 Å². The molecule has 0 saturated carbocycles. The maximum Gasteiger partial charge on any atom is 0.277 e. The molecule has 1 amide bonds. The van der Waals surface area contributed by atoms with E-state index in [0.717, 1.165) is 5.01 Å².